The zero-order chi connectivity index (χ0) is 32.8. The molecule has 0 aliphatic rings. The Labute approximate surface area is 300 Å². The van der Waals surface area contributed by atoms with Gasteiger partial charge in [0.15, 0.2) is 0 Å². The number of hydrogen-bond acceptors (Lipinski definition) is 4. The van der Waals surface area contributed by atoms with Gasteiger partial charge in [-0.05, 0) is 81.0 Å². The largest absolute Gasteiger partial charge is 0.310 e. The van der Waals surface area contributed by atoms with Crippen molar-refractivity contribution in [2.45, 2.75) is 0 Å². The van der Waals surface area contributed by atoms with Crippen LogP contribution in [0.3, 0.4) is 0 Å². The summed E-state index contributed by atoms with van der Waals surface area (Å²) in [5, 5.41) is 11.8. The second-order valence-corrected chi connectivity index (χ2v) is 16.1. The maximum absolute atomic E-state index is 2.43. The molecule has 0 aliphatic heterocycles. The van der Waals surface area contributed by atoms with Crippen LogP contribution in [-0.2, 0) is 0 Å². The molecule has 0 radical (unpaired) electrons. The monoisotopic (exact) mass is 689 g/mol. The summed E-state index contributed by atoms with van der Waals surface area (Å²) in [6, 6.07) is 60.6. The van der Waals surface area contributed by atoms with Crippen LogP contribution in [0.25, 0.3) is 82.4 Å². The van der Waals surface area contributed by atoms with E-state index in [1.807, 2.05) is 34.0 Å². The molecule has 1 nitrogen and oxygen atoms in total. The first-order valence-corrected chi connectivity index (χ1v) is 19.3. The Morgan fingerprint density at radius 1 is 0.320 bits per heavy atom. The summed E-state index contributed by atoms with van der Waals surface area (Å²) in [5.41, 5.74) is 4.71. The predicted octanol–water partition coefficient (Wildman–Crippen LogP) is 15.1. The van der Waals surface area contributed by atoms with Crippen molar-refractivity contribution in [3.05, 3.63) is 164 Å². The molecule has 0 bridgehead atoms. The third-order valence-corrected chi connectivity index (χ3v) is 13.6. The number of rotatable bonds is 4. The lowest BCUT2D eigenvalue weighted by atomic mass is 10.0. The van der Waals surface area contributed by atoms with Crippen molar-refractivity contribution in [2.24, 2.45) is 0 Å². The van der Waals surface area contributed by atoms with Gasteiger partial charge in [-0.15, -0.1) is 34.0 Å². The molecule has 11 rings (SSSR count). The molecule has 8 aromatic carbocycles. The molecule has 0 spiro atoms. The molecule has 0 saturated carbocycles. The van der Waals surface area contributed by atoms with Crippen LogP contribution in [0.1, 0.15) is 0 Å². The van der Waals surface area contributed by atoms with Crippen LogP contribution in [0, 0.1) is 0 Å². The van der Waals surface area contributed by atoms with Crippen molar-refractivity contribution in [1.82, 2.24) is 0 Å². The van der Waals surface area contributed by atoms with E-state index in [0.717, 1.165) is 17.1 Å². The van der Waals surface area contributed by atoms with Gasteiger partial charge in [0.25, 0.3) is 0 Å². The quantitative estimate of drug-likeness (QED) is 0.178. The fourth-order valence-corrected chi connectivity index (χ4v) is 11.2. The standard InChI is InChI=1S/C46H27NS3/c1-4-10-35-28(7-1)15-21-39-37-23-19-33(26-43(37)49-45(35)39)47(32-17-13-30(14-18-32)42-25-31-9-3-6-12-41(31)48-42)34-20-24-38-40-22-16-29-8-2-5-11-36(29)46(40)50-44(38)27-34/h1-27H. The van der Waals surface area contributed by atoms with E-state index in [1.54, 1.807) is 0 Å². The third kappa shape index (κ3) is 4.36. The van der Waals surface area contributed by atoms with Crippen LogP contribution >= 0.6 is 34.0 Å². The number of nitrogens with zero attached hydrogens (tertiary/aromatic N) is 1. The van der Waals surface area contributed by atoms with Crippen LogP contribution in [0.15, 0.2) is 164 Å². The maximum atomic E-state index is 2.43. The van der Waals surface area contributed by atoms with Gasteiger partial charge < -0.3 is 4.90 Å². The van der Waals surface area contributed by atoms with E-state index in [9.17, 15) is 0 Å². The minimum Gasteiger partial charge on any atom is -0.310 e. The zero-order valence-corrected chi connectivity index (χ0v) is 29.2. The summed E-state index contributed by atoms with van der Waals surface area (Å²) >= 11 is 5.65. The summed E-state index contributed by atoms with van der Waals surface area (Å²) in [6.45, 7) is 0. The molecular formula is C46H27NS3. The Balaban J connectivity index is 1.09. The first-order chi connectivity index (χ1) is 24.7. The smallest absolute Gasteiger partial charge is 0.0476 e. The molecule has 0 N–H and O–H groups in total. The highest BCUT2D eigenvalue weighted by atomic mass is 32.1. The van der Waals surface area contributed by atoms with E-state index < -0.39 is 0 Å². The van der Waals surface area contributed by atoms with Crippen molar-refractivity contribution >= 4 is 123 Å². The lowest BCUT2D eigenvalue weighted by Crippen LogP contribution is -2.09. The Hall–Kier alpha value is -5.52. The van der Waals surface area contributed by atoms with Crippen molar-refractivity contribution in [3.8, 4) is 10.4 Å². The molecule has 0 amide bonds. The van der Waals surface area contributed by atoms with Crippen molar-refractivity contribution in [1.29, 1.82) is 0 Å². The van der Waals surface area contributed by atoms with Gasteiger partial charge in [-0.25, -0.2) is 0 Å². The van der Waals surface area contributed by atoms with Gasteiger partial charge >= 0.3 is 0 Å². The second-order valence-electron chi connectivity index (χ2n) is 12.9. The van der Waals surface area contributed by atoms with Gasteiger partial charge in [0.05, 0.1) is 0 Å². The van der Waals surface area contributed by atoms with Crippen LogP contribution in [-0.4, -0.2) is 0 Å². The second kappa shape index (κ2) is 11.0. The summed E-state index contributed by atoms with van der Waals surface area (Å²) in [6.07, 6.45) is 0. The molecule has 3 heterocycles. The first-order valence-electron chi connectivity index (χ1n) is 16.8. The van der Waals surface area contributed by atoms with Crippen LogP contribution in [0.2, 0.25) is 0 Å². The van der Waals surface area contributed by atoms with Gasteiger partial charge in [-0.1, -0.05) is 115 Å². The minimum absolute atomic E-state index is 1.15. The predicted molar refractivity (Wildman–Crippen MR) is 223 cm³/mol. The molecule has 0 unspecified atom stereocenters. The lowest BCUT2D eigenvalue weighted by Gasteiger charge is -2.26. The van der Waals surface area contributed by atoms with Crippen LogP contribution in [0.4, 0.5) is 17.1 Å². The van der Waals surface area contributed by atoms with E-state index >= 15 is 0 Å². The molecular weight excluding hydrogens is 663 g/mol. The average molecular weight is 690 g/mol. The van der Waals surface area contributed by atoms with Gasteiger partial charge in [-0.2, -0.15) is 0 Å². The maximum Gasteiger partial charge on any atom is 0.0476 e. The summed E-state index contributed by atoms with van der Waals surface area (Å²) in [5.74, 6) is 0. The summed E-state index contributed by atoms with van der Waals surface area (Å²) < 4.78 is 6.63. The van der Waals surface area contributed by atoms with E-state index in [0.29, 0.717) is 0 Å². The molecule has 11 aromatic rings. The fourth-order valence-electron chi connectivity index (χ4n) is 7.61. The zero-order valence-electron chi connectivity index (χ0n) is 26.8. The van der Waals surface area contributed by atoms with E-state index in [-0.39, 0.29) is 0 Å². The summed E-state index contributed by atoms with van der Waals surface area (Å²) in [7, 11) is 0. The van der Waals surface area contributed by atoms with Gasteiger partial charge in [-0.3, -0.25) is 0 Å². The molecule has 234 valence electrons. The lowest BCUT2D eigenvalue weighted by molar-refractivity contribution is 1.30. The van der Waals surface area contributed by atoms with E-state index in [1.165, 1.54) is 82.4 Å². The van der Waals surface area contributed by atoms with Gasteiger partial charge in [0.1, 0.15) is 0 Å². The number of thiophene rings is 3. The molecule has 50 heavy (non-hydrogen) atoms. The van der Waals surface area contributed by atoms with Crippen LogP contribution < -0.4 is 4.90 Å². The Morgan fingerprint density at radius 3 is 1.40 bits per heavy atom. The van der Waals surface area contributed by atoms with Crippen molar-refractivity contribution < 1.29 is 0 Å². The average Bonchev–Trinajstić information content (AvgIpc) is 3.88. The highest BCUT2D eigenvalue weighted by molar-refractivity contribution is 7.27. The molecule has 0 atom stereocenters. The Kier molecular flexibility index (Phi) is 6.23. The Bertz CT molecular complexity index is 2920. The molecule has 0 aliphatic carbocycles. The van der Waals surface area contributed by atoms with Crippen molar-refractivity contribution in [2.75, 3.05) is 4.90 Å². The number of benzene rings is 8. The van der Waals surface area contributed by atoms with Gasteiger partial charge in [0, 0.05) is 67.0 Å². The fraction of sp³-hybridized carbons (Fsp3) is 0. The molecule has 0 fully saturated rings. The molecule has 3 aromatic heterocycles. The number of fused-ring (bicyclic) bond motifs is 11. The number of hydrogen-bond donors (Lipinski definition) is 0. The van der Waals surface area contributed by atoms with Crippen LogP contribution in [0.5, 0.6) is 0 Å². The van der Waals surface area contributed by atoms with Crippen molar-refractivity contribution in [3.63, 3.8) is 0 Å². The minimum atomic E-state index is 1.15. The van der Waals surface area contributed by atoms with Gasteiger partial charge in [0.2, 0.25) is 0 Å². The normalized spacial score (nSPS) is 12.0. The first kappa shape index (κ1) is 28.3. The number of anilines is 3. The topological polar surface area (TPSA) is 3.24 Å². The third-order valence-electron chi connectivity index (χ3n) is 10.0. The SMILES string of the molecule is c1ccc2sc(-c3ccc(N(c4ccc5c(c4)sc4c6ccccc6ccc54)c4ccc5c(c4)sc4c6ccccc6ccc54)cc3)cc2c1. The molecule has 0 saturated heterocycles. The highest BCUT2D eigenvalue weighted by Gasteiger charge is 2.18. The highest BCUT2D eigenvalue weighted by Crippen LogP contribution is 2.46. The van der Waals surface area contributed by atoms with E-state index in [2.05, 4.69) is 169 Å². The molecule has 4 heteroatoms. The Morgan fingerprint density at radius 2 is 0.820 bits per heavy atom. The van der Waals surface area contributed by atoms with E-state index in [4.69, 9.17) is 0 Å². The summed E-state index contributed by atoms with van der Waals surface area (Å²) in [4.78, 5) is 3.72.